The highest BCUT2D eigenvalue weighted by molar-refractivity contribution is 5.73. The molecule has 0 aromatic rings. The third-order valence-electron chi connectivity index (χ3n) is 8.97. The van der Waals surface area contributed by atoms with Gasteiger partial charge in [0.1, 0.15) is 91.4 Å². The minimum absolute atomic E-state index is 0.683. The average Bonchev–Trinajstić information content (AvgIpc) is 3.06. The predicted octanol–water partition coefficient (Wildman–Crippen LogP) is -8.43. The highest BCUT2D eigenvalue weighted by atomic mass is 16.8. The minimum atomic E-state index is -1.95. The summed E-state index contributed by atoms with van der Waals surface area (Å²) in [5, 5.41) is 120. The van der Waals surface area contributed by atoms with Crippen molar-refractivity contribution >= 4 is 11.8 Å². The van der Waals surface area contributed by atoms with E-state index in [4.69, 9.17) is 33.2 Å². The molecule has 50 heavy (non-hydrogen) atoms. The smallest absolute Gasteiger partial charge is 0.217 e. The van der Waals surface area contributed by atoms with Crippen LogP contribution in [0.4, 0.5) is 0 Å². The van der Waals surface area contributed by atoms with Crippen molar-refractivity contribution in [2.45, 2.75) is 143 Å². The van der Waals surface area contributed by atoms with E-state index in [1.54, 1.807) is 0 Å². The molecule has 0 aromatic heterocycles. The molecule has 0 unspecified atom stereocenters. The van der Waals surface area contributed by atoms with Crippen LogP contribution in [0.15, 0.2) is 0 Å². The van der Waals surface area contributed by atoms with Gasteiger partial charge in [-0.25, -0.2) is 0 Å². The van der Waals surface area contributed by atoms with Crippen LogP contribution in [0.1, 0.15) is 20.8 Å². The molecule has 0 saturated carbocycles. The second-order valence-corrected chi connectivity index (χ2v) is 12.6. The SMILES string of the molecule is CC(=O)N[C@@H]1[C@@H](O[C@H]2O[C@H](CO)[C@H](O)[C@H](O[C@@H]3O[C@H](CO)[C@H](O)[C@H](O)[C@H]3O[C@@H]3O[C@@H](C)[C@@H](O)[C@@H](O)[C@@H]3O)[C@H]2NC(C)=O)[C@@H](O)[C@@H](CO)O[C@@H]1O. The minimum Gasteiger partial charge on any atom is -0.394 e. The van der Waals surface area contributed by atoms with Crippen LogP contribution in [0.3, 0.4) is 0 Å². The fourth-order valence-electron chi connectivity index (χ4n) is 6.27. The number of rotatable bonds is 11. The number of hydrogen-bond donors (Lipinski definition) is 13. The van der Waals surface area contributed by atoms with Crippen molar-refractivity contribution in [3.05, 3.63) is 0 Å². The second-order valence-electron chi connectivity index (χ2n) is 12.6. The molecule has 290 valence electrons. The third-order valence-corrected chi connectivity index (χ3v) is 8.97. The molecule has 4 aliphatic heterocycles. The Kier molecular flexibility index (Phi) is 14.2. The van der Waals surface area contributed by atoms with Crippen LogP contribution in [0.5, 0.6) is 0 Å². The van der Waals surface area contributed by atoms with E-state index in [-0.39, 0.29) is 0 Å². The Balaban J connectivity index is 1.69. The van der Waals surface area contributed by atoms with Gasteiger partial charge in [0.05, 0.1) is 25.9 Å². The largest absolute Gasteiger partial charge is 0.394 e. The average molecular weight is 733 g/mol. The zero-order valence-electron chi connectivity index (χ0n) is 27.3. The maximum atomic E-state index is 12.5. The van der Waals surface area contributed by atoms with Gasteiger partial charge in [0.15, 0.2) is 25.2 Å². The number of aliphatic hydroxyl groups is 11. The fourth-order valence-corrected chi connectivity index (χ4v) is 6.27. The lowest BCUT2D eigenvalue weighted by Gasteiger charge is -2.50. The summed E-state index contributed by atoms with van der Waals surface area (Å²) in [6, 6.07) is -3.08. The molecule has 4 heterocycles. The van der Waals surface area contributed by atoms with Crippen molar-refractivity contribution in [3.8, 4) is 0 Å². The van der Waals surface area contributed by atoms with E-state index in [2.05, 4.69) is 10.6 Å². The van der Waals surface area contributed by atoms with Crippen LogP contribution in [0.2, 0.25) is 0 Å². The van der Waals surface area contributed by atoms with Crippen molar-refractivity contribution in [1.82, 2.24) is 10.6 Å². The Bertz CT molecular complexity index is 1130. The molecule has 4 saturated heterocycles. The van der Waals surface area contributed by atoms with Crippen LogP contribution in [-0.4, -0.2) is 211 Å². The molecule has 0 spiro atoms. The molecule has 2 amide bonds. The highest BCUT2D eigenvalue weighted by Crippen LogP contribution is 2.34. The zero-order chi connectivity index (χ0) is 37.2. The topological polar surface area (TPSA) is 345 Å². The maximum absolute atomic E-state index is 12.5. The van der Waals surface area contributed by atoms with Gasteiger partial charge in [0.25, 0.3) is 0 Å². The molecule has 0 radical (unpaired) electrons. The molecular weight excluding hydrogens is 684 g/mol. The lowest BCUT2D eigenvalue weighted by Crippen LogP contribution is -2.71. The van der Waals surface area contributed by atoms with Gasteiger partial charge in [-0.05, 0) is 6.92 Å². The van der Waals surface area contributed by atoms with Gasteiger partial charge in [0.2, 0.25) is 11.8 Å². The number of nitrogens with one attached hydrogen (secondary N) is 2. The number of hydrogen-bond acceptors (Lipinski definition) is 20. The summed E-state index contributed by atoms with van der Waals surface area (Å²) in [6.45, 7) is 0.959. The number of ether oxygens (including phenoxy) is 7. The van der Waals surface area contributed by atoms with Crippen molar-refractivity contribution in [1.29, 1.82) is 0 Å². The van der Waals surface area contributed by atoms with E-state index < -0.39 is 154 Å². The summed E-state index contributed by atoms with van der Waals surface area (Å²) in [5.41, 5.74) is 0. The lowest BCUT2D eigenvalue weighted by molar-refractivity contribution is -0.384. The number of carbonyl (C=O) groups is 2. The van der Waals surface area contributed by atoms with Gasteiger partial charge in [-0.3, -0.25) is 9.59 Å². The Morgan fingerprint density at radius 2 is 0.980 bits per heavy atom. The molecule has 13 N–H and O–H groups in total. The highest BCUT2D eigenvalue weighted by Gasteiger charge is 2.56. The van der Waals surface area contributed by atoms with Crippen LogP contribution in [-0.2, 0) is 42.7 Å². The normalized spacial score (nSPS) is 48.5. The third kappa shape index (κ3) is 8.70. The number of carbonyl (C=O) groups excluding carboxylic acids is 2. The number of amides is 2. The first-order valence-electron chi connectivity index (χ1n) is 15.9. The lowest BCUT2D eigenvalue weighted by atomic mass is 9.93. The van der Waals surface area contributed by atoms with Gasteiger partial charge in [-0.1, -0.05) is 0 Å². The van der Waals surface area contributed by atoms with Crippen LogP contribution in [0.25, 0.3) is 0 Å². The van der Waals surface area contributed by atoms with Gasteiger partial charge in [-0.15, -0.1) is 0 Å². The van der Waals surface area contributed by atoms with Crippen LogP contribution in [0, 0.1) is 0 Å². The zero-order valence-corrected chi connectivity index (χ0v) is 27.3. The van der Waals surface area contributed by atoms with E-state index in [1.807, 2.05) is 0 Å². The summed E-state index contributed by atoms with van der Waals surface area (Å²) in [4.78, 5) is 24.4. The van der Waals surface area contributed by atoms with E-state index in [1.165, 1.54) is 6.92 Å². The number of aliphatic hydroxyl groups excluding tert-OH is 11. The van der Waals surface area contributed by atoms with Crippen LogP contribution < -0.4 is 10.6 Å². The Hall–Kier alpha value is -1.78. The summed E-state index contributed by atoms with van der Waals surface area (Å²) in [5.74, 6) is -1.44. The molecule has 4 aliphatic rings. The molecule has 0 bridgehead atoms. The summed E-state index contributed by atoms with van der Waals surface area (Å²) < 4.78 is 39.8. The summed E-state index contributed by atoms with van der Waals surface area (Å²) in [7, 11) is 0. The van der Waals surface area contributed by atoms with Gasteiger partial charge >= 0.3 is 0 Å². The molecule has 0 aliphatic carbocycles. The quantitative estimate of drug-likeness (QED) is 0.0938. The first-order chi connectivity index (χ1) is 23.5. The summed E-state index contributed by atoms with van der Waals surface area (Å²) >= 11 is 0. The second kappa shape index (κ2) is 17.4. The molecule has 4 rings (SSSR count). The maximum Gasteiger partial charge on any atom is 0.217 e. The van der Waals surface area contributed by atoms with E-state index in [9.17, 15) is 65.8 Å². The molecular formula is C28H48N2O20. The van der Waals surface area contributed by atoms with E-state index in [0.717, 1.165) is 13.8 Å². The van der Waals surface area contributed by atoms with Gasteiger partial charge in [0, 0.05) is 13.8 Å². The molecule has 22 nitrogen and oxygen atoms in total. The molecule has 4 fully saturated rings. The van der Waals surface area contributed by atoms with E-state index >= 15 is 0 Å². The standard InChI is InChI=1S/C28H48N2O20/c1-7-15(36)19(40)21(42)27(44-7)50-24-20(41)16(37)10(4-31)47-28(24)49-23-14(30-9(3)35)26(46-12(6-33)18(23)39)48-22-13(29-8(2)34)25(43)45-11(5-32)17(22)38/h7,10-28,31-33,36-43H,4-6H2,1-3H3,(H,29,34)(H,30,35)/t7-,10+,11+,12+,13+,14+,15+,16-,17-,18-,19+,20-,21-,22+,23+,24+,25-,26+,27-,28-/m0/s1. The van der Waals surface area contributed by atoms with Gasteiger partial charge < -0.3 is 100.0 Å². The molecule has 20 atom stereocenters. The predicted molar refractivity (Wildman–Crippen MR) is 156 cm³/mol. The Morgan fingerprint density at radius 1 is 0.520 bits per heavy atom. The van der Waals surface area contributed by atoms with Crippen molar-refractivity contribution in [2.75, 3.05) is 19.8 Å². The first-order valence-corrected chi connectivity index (χ1v) is 15.9. The Morgan fingerprint density at radius 3 is 1.54 bits per heavy atom. The monoisotopic (exact) mass is 732 g/mol. The van der Waals surface area contributed by atoms with Gasteiger partial charge in [-0.2, -0.15) is 0 Å². The summed E-state index contributed by atoms with van der Waals surface area (Å²) in [6.07, 6.45) is -30.6. The Labute approximate surface area is 285 Å². The first kappa shape index (κ1) is 41.0. The van der Waals surface area contributed by atoms with Crippen molar-refractivity contribution < 1.29 is 98.9 Å². The van der Waals surface area contributed by atoms with E-state index in [0.29, 0.717) is 0 Å². The molecule has 22 heteroatoms. The van der Waals surface area contributed by atoms with Crippen LogP contribution >= 0.6 is 0 Å². The van der Waals surface area contributed by atoms with Crippen molar-refractivity contribution in [2.24, 2.45) is 0 Å². The molecule has 0 aromatic carbocycles. The van der Waals surface area contributed by atoms with Crippen molar-refractivity contribution in [3.63, 3.8) is 0 Å². The fraction of sp³-hybridized carbons (Fsp3) is 0.929.